The van der Waals surface area contributed by atoms with E-state index >= 15 is 0 Å². The molecular weight excluding hydrogens is 234 g/mol. The highest BCUT2D eigenvalue weighted by Crippen LogP contribution is 2.20. The van der Waals surface area contributed by atoms with Crippen LogP contribution in [0.1, 0.15) is 46.0 Å². The van der Waals surface area contributed by atoms with Gasteiger partial charge in [-0.1, -0.05) is 6.42 Å². The predicted molar refractivity (Wildman–Crippen MR) is 67.6 cm³/mol. The first-order chi connectivity index (χ1) is 8.41. The first-order valence-corrected chi connectivity index (χ1v) is 6.48. The van der Waals surface area contributed by atoms with Crippen molar-refractivity contribution in [2.24, 2.45) is 5.73 Å². The minimum atomic E-state index is -0.932. The number of hydrogen-bond acceptors (Lipinski definition) is 4. The van der Waals surface area contributed by atoms with Crippen molar-refractivity contribution in [3.63, 3.8) is 0 Å². The number of rotatable bonds is 5. The number of amides is 1. The van der Waals surface area contributed by atoms with E-state index in [2.05, 4.69) is 19.3 Å². The fourth-order valence-electron chi connectivity index (χ4n) is 2.26. The molecule has 0 aliphatic carbocycles. The number of nitrogens with two attached hydrogens (primary N) is 1. The Hall–Kier alpha value is -1.14. The van der Waals surface area contributed by atoms with Gasteiger partial charge in [-0.3, -0.25) is 15.0 Å². The molecule has 18 heavy (non-hydrogen) atoms. The van der Waals surface area contributed by atoms with Crippen molar-refractivity contribution < 1.29 is 14.7 Å². The van der Waals surface area contributed by atoms with Crippen molar-refractivity contribution in [1.29, 1.82) is 0 Å². The summed E-state index contributed by atoms with van der Waals surface area (Å²) in [5.74, 6) is -1.23. The van der Waals surface area contributed by atoms with E-state index in [0.717, 1.165) is 12.8 Å². The van der Waals surface area contributed by atoms with Crippen molar-refractivity contribution in [3.05, 3.63) is 0 Å². The van der Waals surface area contributed by atoms with Gasteiger partial charge < -0.3 is 10.8 Å². The normalized spacial score (nSPS) is 26.6. The number of aliphatic carboxylic acids is 1. The van der Waals surface area contributed by atoms with Crippen LogP contribution in [0, 0.1) is 0 Å². The topological polar surface area (TPSA) is 95.7 Å². The van der Waals surface area contributed by atoms with E-state index < -0.39 is 12.0 Å². The lowest BCUT2D eigenvalue weighted by Crippen LogP contribution is -2.57. The Labute approximate surface area is 107 Å². The standard InChI is InChI=1S/C12H23N3O3/c1-8-4-3-5-9(2)15(8)14-12(18)10(13)6-7-11(16)17/h8-10H,3-7,13H2,1-2H3,(H,14,18)(H,16,17). The second-order valence-electron chi connectivity index (χ2n) is 5.05. The van der Waals surface area contributed by atoms with Crippen LogP contribution in [-0.2, 0) is 9.59 Å². The summed E-state index contributed by atoms with van der Waals surface area (Å²) >= 11 is 0. The molecule has 0 spiro atoms. The van der Waals surface area contributed by atoms with Crippen molar-refractivity contribution in [1.82, 2.24) is 10.4 Å². The van der Waals surface area contributed by atoms with Crippen molar-refractivity contribution in [3.8, 4) is 0 Å². The Balaban J connectivity index is 2.44. The van der Waals surface area contributed by atoms with Gasteiger partial charge in [0.1, 0.15) is 0 Å². The highest BCUT2D eigenvalue weighted by molar-refractivity contribution is 5.81. The summed E-state index contributed by atoms with van der Waals surface area (Å²) in [4.78, 5) is 22.3. The smallest absolute Gasteiger partial charge is 0.303 e. The van der Waals surface area contributed by atoms with Crippen molar-refractivity contribution in [2.45, 2.75) is 64.1 Å². The molecule has 1 aliphatic heterocycles. The van der Waals surface area contributed by atoms with E-state index in [1.807, 2.05) is 5.01 Å². The van der Waals surface area contributed by atoms with Gasteiger partial charge in [-0.25, -0.2) is 5.01 Å². The first-order valence-electron chi connectivity index (χ1n) is 6.48. The van der Waals surface area contributed by atoms with Crippen LogP contribution in [-0.4, -0.2) is 40.1 Å². The maximum atomic E-state index is 11.8. The van der Waals surface area contributed by atoms with Crippen LogP contribution in [0.2, 0.25) is 0 Å². The lowest BCUT2D eigenvalue weighted by molar-refractivity contribution is -0.137. The van der Waals surface area contributed by atoms with Gasteiger partial charge in [-0.05, 0) is 33.1 Å². The molecule has 1 fully saturated rings. The second-order valence-corrected chi connectivity index (χ2v) is 5.05. The second kappa shape index (κ2) is 6.70. The molecule has 1 aliphatic rings. The molecule has 6 nitrogen and oxygen atoms in total. The SMILES string of the molecule is CC1CCCC(C)N1NC(=O)C(N)CCC(=O)O. The van der Waals surface area contributed by atoms with Crippen molar-refractivity contribution in [2.75, 3.05) is 0 Å². The van der Waals surface area contributed by atoms with Gasteiger partial charge in [0.05, 0.1) is 6.04 Å². The average molecular weight is 257 g/mol. The molecule has 0 aromatic carbocycles. The van der Waals surface area contributed by atoms with Gasteiger partial charge in [0.15, 0.2) is 0 Å². The summed E-state index contributed by atoms with van der Waals surface area (Å²) in [6.45, 7) is 4.14. The molecule has 1 amide bonds. The summed E-state index contributed by atoms with van der Waals surface area (Å²) in [6.07, 6.45) is 3.35. The molecule has 0 aromatic heterocycles. The largest absolute Gasteiger partial charge is 0.481 e. The maximum absolute atomic E-state index is 11.8. The zero-order chi connectivity index (χ0) is 13.7. The molecule has 104 valence electrons. The molecule has 1 rings (SSSR count). The molecule has 0 radical (unpaired) electrons. The lowest BCUT2D eigenvalue weighted by Gasteiger charge is -2.39. The zero-order valence-electron chi connectivity index (χ0n) is 11.1. The Morgan fingerprint density at radius 1 is 1.39 bits per heavy atom. The monoisotopic (exact) mass is 257 g/mol. The van der Waals surface area contributed by atoms with Gasteiger partial charge in [0.25, 0.3) is 5.91 Å². The summed E-state index contributed by atoms with van der Waals surface area (Å²) in [5.41, 5.74) is 8.49. The van der Waals surface area contributed by atoms with Crippen molar-refractivity contribution >= 4 is 11.9 Å². The van der Waals surface area contributed by atoms with Crippen LogP contribution in [0.4, 0.5) is 0 Å². The molecule has 0 saturated carbocycles. The van der Waals surface area contributed by atoms with E-state index in [-0.39, 0.29) is 18.7 Å². The molecular formula is C12H23N3O3. The van der Waals surface area contributed by atoms with Crippen LogP contribution in [0.3, 0.4) is 0 Å². The van der Waals surface area contributed by atoms with E-state index in [9.17, 15) is 9.59 Å². The summed E-state index contributed by atoms with van der Waals surface area (Å²) in [7, 11) is 0. The molecule has 6 heteroatoms. The third-order valence-electron chi connectivity index (χ3n) is 3.44. The summed E-state index contributed by atoms with van der Waals surface area (Å²) < 4.78 is 0. The minimum Gasteiger partial charge on any atom is -0.481 e. The van der Waals surface area contributed by atoms with Gasteiger partial charge in [0, 0.05) is 18.5 Å². The highest BCUT2D eigenvalue weighted by Gasteiger charge is 2.27. The van der Waals surface area contributed by atoms with Crippen LogP contribution in [0.25, 0.3) is 0 Å². The Kier molecular flexibility index (Phi) is 5.55. The molecule has 3 unspecified atom stereocenters. The Bertz CT molecular complexity index is 299. The van der Waals surface area contributed by atoms with Gasteiger partial charge in [-0.15, -0.1) is 0 Å². The number of hydrogen-bond donors (Lipinski definition) is 3. The average Bonchev–Trinajstić information content (AvgIpc) is 2.30. The summed E-state index contributed by atoms with van der Waals surface area (Å²) in [6, 6.07) is -0.170. The molecule has 1 saturated heterocycles. The van der Waals surface area contributed by atoms with E-state index in [4.69, 9.17) is 10.8 Å². The third kappa shape index (κ3) is 4.27. The number of carbonyl (C=O) groups excluding carboxylic acids is 1. The number of hydrazine groups is 1. The first kappa shape index (κ1) is 14.9. The number of nitrogens with one attached hydrogen (secondary N) is 1. The molecule has 1 heterocycles. The summed E-state index contributed by atoms with van der Waals surface area (Å²) in [5, 5.41) is 10.5. The zero-order valence-corrected chi connectivity index (χ0v) is 11.1. The fraction of sp³-hybridized carbons (Fsp3) is 0.833. The number of carboxylic acids is 1. The van der Waals surface area contributed by atoms with E-state index in [0.29, 0.717) is 12.1 Å². The molecule has 0 bridgehead atoms. The van der Waals surface area contributed by atoms with Crippen LogP contribution < -0.4 is 11.2 Å². The van der Waals surface area contributed by atoms with Crippen LogP contribution in [0.5, 0.6) is 0 Å². The molecule has 3 atom stereocenters. The van der Waals surface area contributed by atoms with Gasteiger partial charge in [0.2, 0.25) is 0 Å². The minimum absolute atomic E-state index is 0.0836. The van der Waals surface area contributed by atoms with E-state index in [1.54, 1.807) is 0 Å². The Morgan fingerprint density at radius 3 is 2.44 bits per heavy atom. The number of piperidine rings is 1. The molecule has 0 aromatic rings. The quantitative estimate of drug-likeness (QED) is 0.665. The number of carbonyl (C=O) groups is 2. The van der Waals surface area contributed by atoms with E-state index in [1.165, 1.54) is 6.42 Å². The van der Waals surface area contributed by atoms with Crippen LogP contribution >= 0.6 is 0 Å². The highest BCUT2D eigenvalue weighted by atomic mass is 16.4. The number of nitrogens with zero attached hydrogens (tertiary/aromatic N) is 1. The Morgan fingerprint density at radius 2 is 1.94 bits per heavy atom. The predicted octanol–water partition coefficient (Wildman–Crippen LogP) is 0.473. The third-order valence-corrected chi connectivity index (χ3v) is 3.44. The molecule has 4 N–H and O–H groups in total. The van der Waals surface area contributed by atoms with Gasteiger partial charge >= 0.3 is 5.97 Å². The lowest BCUT2D eigenvalue weighted by atomic mass is 10.00. The number of carboxylic acid groups (broad SMARTS) is 1. The fourth-order valence-corrected chi connectivity index (χ4v) is 2.26. The maximum Gasteiger partial charge on any atom is 0.303 e. The van der Waals surface area contributed by atoms with Crippen LogP contribution in [0.15, 0.2) is 0 Å². The van der Waals surface area contributed by atoms with Gasteiger partial charge in [-0.2, -0.15) is 0 Å².